The van der Waals surface area contributed by atoms with E-state index in [1.807, 2.05) is 13.8 Å². The highest BCUT2D eigenvalue weighted by Crippen LogP contribution is 2.27. The van der Waals surface area contributed by atoms with E-state index in [0.717, 1.165) is 11.1 Å². The van der Waals surface area contributed by atoms with Crippen LogP contribution in [-0.2, 0) is 20.0 Å². The summed E-state index contributed by atoms with van der Waals surface area (Å²) in [6, 6.07) is 11.1. The van der Waals surface area contributed by atoms with Crippen LogP contribution in [0.5, 0.6) is 0 Å². The number of nitrogens with zero attached hydrogens (tertiary/aromatic N) is 1. The van der Waals surface area contributed by atoms with Crippen LogP contribution in [0.1, 0.15) is 18.1 Å². The van der Waals surface area contributed by atoms with E-state index in [2.05, 4.69) is 0 Å². The van der Waals surface area contributed by atoms with Crippen molar-refractivity contribution in [1.82, 2.24) is 3.71 Å². The first kappa shape index (κ1) is 19.6. The maximum atomic E-state index is 13.0. The van der Waals surface area contributed by atoms with Crippen LogP contribution in [-0.4, -0.2) is 33.1 Å². The Hall–Kier alpha value is -1.74. The van der Waals surface area contributed by atoms with Gasteiger partial charge in [-0.15, -0.1) is 0 Å². The molecule has 0 amide bonds. The number of nitrogens with two attached hydrogens (primary N) is 1. The molecule has 0 aromatic heterocycles. The Labute approximate surface area is 149 Å². The molecule has 1 atom stereocenters. The maximum Gasteiger partial charge on any atom is 0.256 e. The summed E-state index contributed by atoms with van der Waals surface area (Å²) in [6.07, 6.45) is 0. The van der Waals surface area contributed by atoms with Crippen LogP contribution in [0.4, 0.5) is 0 Å². The summed E-state index contributed by atoms with van der Waals surface area (Å²) in [5, 5.41) is 0. The Morgan fingerprint density at radius 2 is 1.12 bits per heavy atom. The van der Waals surface area contributed by atoms with Crippen LogP contribution in [0.25, 0.3) is 0 Å². The SMILES string of the molecule is Cc1ccc(S(=O)(=O)N(C(C)CN)S(=O)(=O)c2ccc(C)cc2)cc1. The number of hydrogen-bond donors (Lipinski definition) is 1. The smallest absolute Gasteiger partial charge is 0.256 e. The highest BCUT2D eigenvalue weighted by molar-refractivity contribution is 8.04. The number of sulfonamides is 2. The molecule has 0 aliphatic rings. The van der Waals surface area contributed by atoms with Gasteiger partial charge in [0.25, 0.3) is 20.0 Å². The Morgan fingerprint density at radius 3 is 1.40 bits per heavy atom. The first-order valence-electron chi connectivity index (χ1n) is 7.73. The second-order valence-corrected chi connectivity index (χ2v) is 9.81. The van der Waals surface area contributed by atoms with Crippen molar-refractivity contribution in [2.24, 2.45) is 5.73 Å². The Kier molecular flexibility index (Phi) is 5.68. The molecule has 0 aliphatic carbocycles. The molecule has 0 heterocycles. The largest absolute Gasteiger partial charge is 0.329 e. The minimum absolute atomic E-state index is 0.0888. The van der Waals surface area contributed by atoms with E-state index in [4.69, 9.17) is 5.73 Å². The van der Waals surface area contributed by atoms with Gasteiger partial charge in [0, 0.05) is 6.54 Å². The normalized spacial score (nSPS) is 13.8. The first-order valence-corrected chi connectivity index (χ1v) is 10.6. The molecule has 8 heteroatoms. The summed E-state index contributed by atoms with van der Waals surface area (Å²) in [4.78, 5) is -0.178. The molecule has 6 nitrogen and oxygen atoms in total. The van der Waals surface area contributed by atoms with Gasteiger partial charge >= 0.3 is 0 Å². The van der Waals surface area contributed by atoms with Crippen molar-refractivity contribution in [3.63, 3.8) is 0 Å². The summed E-state index contributed by atoms with van der Waals surface area (Å²) in [5.74, 6) is 0. The zero-order valence-corrected chi connectivity index (χ0v) is 16.0. The van der Waals surface area contributed by atoms with E-state index < -0.39 is 26.1 Å². The number of hydrogen-bond acceptors (Lipinski definition) is 5. The fourth-order valence-electron chi connectivity index (χ4n) is 2.32. The van der Waals surface area contributed by atoms with E-state index in [9.17, 15) is 16.8 Å². The lowest BCUT2D eigenvalue weighted by molar-refractivity contribution is 0.443. The number of aryl methyl sites for hydroxylation is 2. The standard InChI is InChI=1S/C17H22N2O4S2/c1-13-4-8-16(9-5-13)24(20,21)19(15(3)12-18)25(22,23)17-10-6-14(2)7-11-17/h4-11,15H,12,18H2,1-3H3. The van der Waals surface area contributed by atoms with Crippen molar-refractivity contribution in [3.8, 4) is 0 Å². The molecule has 136 valence electrons. The zero-order chi connectivity index (χ0) is 18.8. The summed E-state index contributed by atoms with van der Waals surface area (Å²) in [5.41, 5.74) is 7.35. The quantitative estimate of drug-likeness (QED) is 0.824. The van der Waals surface area contributed by atoms with Gasteiger partial charge in [-0.2, -0.15) is 0 Å². The summed E-state index contributed by atoms with van der Waals surface area (Å²) < 4.78 is 52.6. The Morgan fingerprint density at radius 1 is 0.800 bits per heavy atom. The van der Waals surface area contributed by atoms with E-state index in [-0.39, 0.29) is 16.3 Å². The highest BCUT2D eigenvalue weighted by Gasteiger charge is 2.39. The minimum Gasteiger partial charge on any atom is -0.329 e. The third-order valence-corrected chi connectivity index (χ3v) is 8.39. The molecule has 0 aliphatic heterocycles. The second-order valence-electron chi connectivity index (χ2n) is 5.95. The monoisotopic (exact) mass is 382 g/mol. The molecule has 1 unspecified atom stereocenters. The molecule has 0 spiro atoms. The molecule has 25 heavy (non-hydrogen) atoms. The molecule has 0 radical (unpaired) electrons. The van der Waals surface area contributed by atoms with Crippen LogP contribution in [0.3, 0.4) is 0 Å². The molecule has 2 aromatic carbocycles. The Balaban J connectivity index is 2.63. The first-order chi connectivity index (χ1) is 11.6. The van der Waals surface area contributed by atoms with Crippen molar-refractivity contribution in [3.05, 3.63) is 59.7 Å². The van der Waals surface area contributed by atoms with Gasteiger partial charge in [0.15, 0.2) is 0 Å². The lowest BCUT2D eigenvalue weighted by atomic mass is 10.2. The molecule has 2 rings (SSSR count). The van der Waals surface area contributed by atoms with Crippen molar-refractivity contribution < 1.29 is 16.8 Å². The van der Waals surface area contributed by atoms with Crippen molar-refractivity contribution in [2.75, 3.05) is 6.54 Å². The summed E-state index contributed by atoms with van der Waals surface area (Å²) in [6.45, 7) is 4.98. The topological polar surface area (TPSA) is 97.5 Å². The van der Waals surface area contributed by atoms with E-state index in [1.165, 1.54) is 31.2 Å². The van der Waals surface area contributed by atoms with Gasteiger partial charge in [-0.3, -0.25) is 0 Å². The van der Waals surface area contributed by atoms with Gasteiger partial charge in [-0.25, -0.2) is 16.8 Å². The van der Waals surface area contributed by atoms with Crippen molar-refractivity contribution >= 4 is 20.0 Å². The molecular formula is C17H22N2O4S2. The third-order valence-electron chi connectivity index (χ3n) is 3.81. The van der Waals surface area contributed by atoms with Gasteiger partial charge in [0.2, 0.25) is 0 Å². The van der Waals surface area contributed by atoms with Crippen LogP contribution in [0.15, 0.2) is 58.3 Å². The molecule has 0 bridgehead atoms. The van der Waals surface area contributed by atoms with Crippen LogP contribution >= 0.6 is 0 Å². The highest BCUT2D eigenvalue weighted by atomic mass is 32.3. The van der Waals surface area contributed by atoms with Crippen LogP contribution < -0.4 is 5.73 Å². The molecule has 0 saturated carbocycles. The molecule has 2 aromatic rings. The van der Waals surface area contributed by atoms with E-state index in [1.54, 1.807) is 24.3 Å². The molecular weight excluding hydrogens is 360 g/mol. The maximum absolute atomic E-state index is 13.0. The van der Waals surface area contributed by atoms with Gasteiger partial charge in [-0.1, -0.05) is 39.1 Å². The van der Waals surface area contributed by atoms with Crippen molar-refractivity contribution in [2.45, 2.75) is 36.6 Å². The Bertz CT molecular complexity index is 860. The van der Waals surface area contributed by atoms with Gasteiger partial charge in [-0.05, 0) is 45.0 Å². The summed E-state index contributed by atoms with van der Waals surface area (Å²) in [7, 11) is -8.56. The molecule has 2 N–H and O–H groups in total. The zero-order valence-electron chi connectivity index (χ0n) is 14.4. The minimum atomic E-state index is -4.28. The molecule has 0 fully saturated rings. The fraction of sp³-hybridized carbons (Fsp3) is 0.294. The van der Waals surface area contributed by atoms with Gasteiger partial charge < -0.3 is 5.73 Å². The van der Waals surface area contributed by atoms with Crippen LogP contribution in [0.2, 0.25) is 0 Å². The summed E-state index contributed by atoms with van der Waals surface area (Å²) >= 11 is 0. The number of benzene rings is 2. The average Bonchev–Trinajstić information content (AvgIpc) is 2.55. The number of rotatable bonds is 6. The van der Waals surface area contributed by atoms with Gasteiger partial charge in [0.1, 0.15) is 0 Å². The lowest BCUT2D eigenvalue weighted by Gasteiger charge is -2.27. The van der Waals surface area contributed by atoms with Crippen LogP contribution in [0, 0.1) is 13.8 Å². The second kappa shape index (κ2) is 7.25. The third kappa shape index (κ3) is 3.92. The molecule has 0 saturated heterocycles. The van der Waals surface area contributed by atoms with E-state index in [0.29, 0.717) is 3.71 Å². The predicted molar refractivity (Wildman–Crippen MR) is 97.1 cm³/mol. The average molecular weight is 383 g/mol. The van der Waals surface area contributed by atoms with Gasteiger partial charge in [0.05, 0.1) is 15.8 Å². The predicted octanol–water partition coefficient (Wildman–Crippen LogP) is 2.03. The van der Waals surface area contributed by atoms with E-state index >= 15 is 0 Å². The fourth-order valence-corrected chi connectivity index (χ4v) is 6.36. The lowest BCUT2D eigenvalue weighted by Crippen LogP contribution is -2.46. The van der Waals surface area contributed by atoms with Crippen molar-refractivity contribution in [1.29, 1.82) is 0 Å².